The molecule has 2 heterocycles. The number of fused-ring (bicyclic) bond motifs is 1. The number of anilines is 2. The van der Waals surface area contributed by atoms with Crippen LogP contribution in [0.25, 0.3) is 22.4 Å². The fourth-order valence-corrected chi connectivity index (χ4v) is 4.08. The lowest BCUT2D eigenvalue weighted by molar-refractivity contribution is -0.117. The van der Waals surface area contributed by atoms with E-state index in [1.165, 1.54) is 0 Å². The number of hydrogen-bond acceptors (Lipinski definition) is 4. The molecule has 0 spiro atoms. The Morgan fingerprint density at radius 2 is 1.83 bits per heavy atom. The Labute approximate surface area is 204 Å². The second kappa shape index (κ2) is 9.57. The number of H-pyrrole nitrogens is 1. The molecule has 0 unspecified atom stereocenters. The Hall–Kier alpha value is -4.60. The van der Waals surface area contributed by atoms with Crippen LogP contribution in [-0.4, -0.2) is 40.8 Å². The van der Waals surface area contributed by atoms with Gasteiger partial charge >= 0.3 is 0 Å². The molecule has 4 aromatic rings. The van der Waals surface area contributed by atoms with Crippen LogP contribution in [0.4, 0.5) is 20.2 Å². The van der Waals surface area contributed by atoms with Gasteiger partial charge in [0, 0.05) is 29.9 Å². The van der Waals surface area contributed by atoms with E-state index in [0.717, 1.165) is 30.3 Å². The number of nitrogens with one attached hydrogen (secondary N) is 3. The van der Waals surface area contributed by atoms with Gasteiger partial charge in [0.15, 0.2) is 0 Å². The van der Waals surface area contributed by atoms with Crippen LogP contribution in [0.15, 0.2) is 60.7 Å². The number of aromatic amines is 1. The maximum atomic E-state index is 14.1. The number of benzene rings is 3. The van der Waals surface area contributed by atoms with Gasteiger partial charge < -0.3 is 20.5 Å². The Morgan fingerprint density at radius 1 is 1.03 bits per heavy atom. The largest absolute Gasteiger partial charge is 0.343 e. The molecule has 5 rings (SSSR count). The Morgan fingerprint density at radius 3 is 2.58 bits per heavy atom. The lowest BCUT2D eigenvalue weighted by Gasteiger charge is -2.15. The van der Waals surface area contributed by atoms with Crippen LogP contribution in [0, 0.1) is 11.6 Å². The lowest BCUT2D eigenvalue weighted by Crippen LogP contribution is -2.32. The highest BCUT2D eigenvalue weighted by Gasteiger charge is 2.21. The van der Waals surface area contributed by atoms with E-state index in [2.05, 4.69) is 20.6 Å². The SMILES string of the molecule is O=C(CNC(=O)c1ccc(N2CCCC2=O)cc1)Nc1ccc2nc(-c3cc(F)ccc3F)[nH]c2c1. The molecule has 3 N–H and O–H groups in total. The van der Waals surface area contributed by atoms with E-state index in [0.29, 0.717) is 35.2 Å². The van der Waals surface area contributed by atoms with Crippen LogP contribution in [-0.2, 0) is 9.59 Å². The van der Waals surface area contributed by atoms with Crippen molar-refractivity contribution in [3.63, 3.8) is 0 Å². The average Bonchev–Trinajstić information content (AvgIpc) is 3.50. The molecule has 3 amide bonds. The lowest BCUT2D eigenvalue weighted by atomic mass is 10.2. The maximum absolute atomic E-state index is 14.1. The summed E-state index contributed by atoms with van der Waals surface area (Å²) in [5.74, 6) is -1.83. The highest BCUT2D eigenvalue weighted by molar-refractivity contribution is 6.01. The van der Waals surface area contributed by atoms with Gasteiger partial charge in [-0.25, -0.2) is 13.8 Å². The molecular formula is C26H21F2N5O3. The first-order valence-corrected chi connectivity index (χ1v) is 11.3. The van der Waals surface area contributed by atoms with Gasteiger partial charge in [0.1, 0.15) is 17.5 Å². The standard InChI is InChI=1S/C26H21F2N5O3/c27-16-5-9-20(28)19(12-16)25-31-21-10-6-17(13-22(21)32-25)30-23(34)14-29-26(36)15-3-7-18(8-4-15)33-11-1-2-24(33)35/h3-10,12-13H,1-2,11,14H2,(H,29,36)(H,30,34)(H,31,32). The summed E-state index contributed by atoms with van der Waals surface area (Å²) in [6.45, 7) is 0.407. The van der Waals surface area contributed by atoms with E-state index in [4.69, 9.17) is 0 Å². The molecule has 1 fully saturated rings. The van der Waals surface area contributed by atoms with Crippen molar-refractivity contribution in [2.45, 2.75) is 12.8 Å². The third-order valence-corrected chi connectivity index (χ3v) is 5.87. The predicted molar refractivity (Wildman–Crippen MR) is 130 cm³/mol. The van der Waals surface area contributed by atoms with E-state index in [9.17, 15) is 23.2 Å². The second-order valence-electron chi connectivity index (χ2n) is 8.37. The molecule has 36 heavy (non-hydrogen) atoms. The van der Waals surface area contributed by atoms with Crippen molar-refractivity contribution >= 4 is 40.1 Å². The summed E-state index contributed by atoms with van der Waals surface area (Å²) >= 11 is 0. The molecule has 182 valence electrons. The van der Waals surface area contributed by atoms with E-state index in [1.54, 1.807) is 47.4 Å². The first-order chi connectivity index (χ1) is 17.4. The fourth-order valence-electron chi connectivity index (χ4n) is 4.08. The van der Waals surface area contributed by atoms with Gasteiger partial charge in [0.05, 0.1) is 23.1 Å². The van der Waals surface area contributed by atoms with Gasteiger partial charge in [-0.1, -0.05) is 0 Å². The summed E-state index contributed by atoms with van der Waals surface area (Å²) in [6.07, 6.45) is 1.34. The molecule has 3 aromatic carbocycles. The minimum atomic E-state index is -0.612. The Bertz CT molecular complexity index is 1480. The number of amides is 3. The molecular weight excluding hydrogens is 468 g/mol. The van der Waals surface area contributed by atoms with Crippen LogP contribution >= 0.6 is 0 Å². The summed E-state index contributed by atoms with van der Waals surface area (Å²) in [6, 6.07) is 14.6. The molecule has 0 bridgehead atoms. The zero-order valence-electron chi connectivity index (χ0n) is 19.0. The minimum absolute atomic E-state index is 0.000408. The number of aromatic nitrogens is 2. The molecule has 10 heteroatoms. The van der Waals surface area contributed by atoms with Crippen molar-refractivity contribution < 1.29 is 23.2 Å². The molecule has 0 saturated carbocycles. The number of rotatable bonds is 6. The summed E-state index contributed by atoms with van der Waals surface area (Å²) in [5.41, 5.74) is 2.58. The van der Waals surface area contributed by atoms with E-state index < -0.39 is 23.4 Å². The summed E-state index contributed by atoms with van der Waals surface area (Å²) < 4.78 is 27.6. The zero-order chi connectivity index (χ0) is 25.2. The zero-order valence-corrected chi connectivity index (χ0v) is 19.0. The molecule has 0 aliphatic carbocycles. The van der Waals surface area contributed by atoms with Crippen LogP contribution in [0.5, 0.6) is 0 Å². The van der Waals surface area contributed by atoms with Gasteiger partial charge in [-0.05, 0) is 67.1 Å². The van der Waals surface area contributed by atoms with Gasteiger partial charge in [-0.15, -0.1) is 0 Å². The van der Waals surface area contributed by atoms with Crippen LogP contribution < -0.4 is 15.5 Å². The van der Waals surface area contributed by atoms with E-state index in [-0.39, 0.29) is 23.8 Å². The normalized spacial score (nSPS) is 13.3. The average molecular weight is 489 g/mol. The molecule has 1 saturated heterocycles. The Balaban J connectivity index is 1.20. The van der Waals surface area contributed by atoms with Crippen molar-refractivity contribution in [2.24, 2.45) is 0 Å². The first-order valence-electron chi connectivity index (χ1n) is 11.3. The van der Waals surface area contributed by atoms with Gasteiger partial charge in [0.2, 0.25) is 11.8 Å². The fraction of sp³-hybridized carbons (Fsp3) is 0.154. The van der Waals surface area contributed by atoms with Crippen LogP contribution in [0.2, 0.25) is 0 Å². The van der Waals surface area contributed by atoms with Crippen molar-refractivity contribution in [3.8, 4) is 11.4 Å². The summed E-state index contributed by atoms with van der Waals surface area (Å²) in [5, 5.41) is 5.24. The van der Waals surface area contributed by atoms with Gasteiger partial charge in [-0.3, -0.25) is 14.4 Å². The monoisotopic (exact) mass is 489 g/mol. The maximum Gasteiger partial charge on any atom is 0.251 e. The summed E-state index contributed by atoms with van der Waals surface area (Å²) in [7, 11) is 0. The van der Waals surface area contributed by atoms with Crippen molar-refractivity contribution in [2.75, 3.05) is 23.3 Å². The van der Waals surface area contributed by atoms with Gasteiger partial charge in [-0.2, -0.15) is 0 Å². The number of carbonyl (C=O) groups is 3. The van der Waals surface area contributed by atoms with Crippen molar-refractivity contribution in [1.82, 2.24) is 15.3 Å². The molecule has 0 radical (unpaired) electrons. The van der Waals surface area contributed by atoms with Crippen LogP contribution in [0.1, 0.15) is 23.2 Å². The van der Waals surface area contributed by atoms with Crippen molar-refractivity contribution in [3.05, 3.63) is 77.9 Å². The topological polar surface area (TPSA) is 107 Å². The van der Waals surface area contributed by atoms with Crippen LogP contribution in [0.3, 0.4) is 0 Å². The molecule has 1 aliphatic heterocycles. The number of halogens is 2. The van der Waals surface area contributed by atoms with Crippen molar-refractivity contribution in [1.29, 1.82) is 0 Å². The number of nitrogens with zero attached hydrogens (tertiary/aromatic N) is 2. The smallest absolute Gasteiger partial charge is 0.251 e. The molecule has 1 aliphatic rings. The number of imidazole rings is 1. The van der Waals surface area contributed by atoms with E-state index >= 15 is 0 Å². The third kappa shape index (κ3) is 4.78. The third-order valence-electron chi connectivity index (χ3n) is 5.87. The quantitative estimate of drug-likeness (QED) is 0.381. The molecule has 0 atom stereocenters. The number of carbonyl (C=O) groups excluding carboxylic acids is 3. The highest BCUT2D eigenvalue weighted by atomic mass is 19.1. The first kappa shape index (κ1) is 23.2. The minimum Gasteiger partial charge on any atom is -0.343 e. The van der Waals surface area contributed by atoms with E-state index in [1.807, 2.05) is 0 Å². The predicted octanol–water partition coefficient (Wildman–Crippen LogP) is 4.00. The summed E-state index contributed by atoms with van der Waals surface area (Å²) in [4.78, 5) is 45.5. The van der Waals surface area contributed by atoms with Gasteiger partial charge in [0.25, 0.3) is 5.91 Å². The second-order valence-corrected chi connectivity index (χ2v) is 8.37. The Kier molecular flexibility index (Phi) is 6.16. The molecule has 8 nitrogen and oxygen atoms in total. The highest BCUT2D eigenvalue weighted by Crippen LogP contribution is 2.26. The number of hydrogen-bond donors (Lipinski definition) is 3. The molecule has 1 aromatic heterocycles.